The van der Waals surface area contributed by atoms with Crippen molar-refractivity contribution in [2.24, 2.45) is 0 Å². The third kappa shape index (κ3) is 4.42. The Bertz CT molecular complexity index is 831. The van der Waals surface area contributed by atoms with Crippen LogP contribution in [0.25, 0.3) is 0 Å². The topological polar surface area (TPSA) is 76.7 Å². The average molecular weight is 388 g/mol. The quantitative estimate of drug-likeness (QED) is 0.705. The number of amides is 1. The number of fused-ring (bicyclic) bond motifs is 1. The number of ether oxygens (including phenoxy) is 2. The standard InChI is InChI=1S/C20H24N2O4S/c1-3-26-15-10-6-5-9-14(15)21-12-17(23)22-19-18(20(24)25-2)13-8-4-7-11-16(13)27-19/h5-6,9-10,21H,3-4,7-8,11-12H2,1-2H3,(H,22,23). The van der Waals surface area contributed by atoms with Gasteiger partial charge >= 0.3 is 5.97 Å². The van der Waals surface area contributed by atoms with E-state index < -0.39 is 0 Å². The SMILES string of the molecule is CCOc1ccccc1NCC(=O)Nc1sc2c(c1C(=O)OC)CCCC2. The van der Waals surface area contributed by atoms with Gasteiger partial charge in [-0.1, -0.05) is 12.1 Å². The highest BCUT2D eigenvalue weighted by atomic mass is 32.1. The second-order valence-corrected chi connectivity index (χ2v) is 7.34. The Morgan fingerprint density at radius 1 is 1.19 bits per heavy atom. The first-order chi connectivity index (χ1) is 13.1. The van der Waals surface area contributed by atoms with Crippen LogP contribution in [-0.2, 0) is 22.4 Å². The summed E-state index contributed by atoms with van der Waals surface area (Å²) in [4.78, 5) is 25.9. The lowest BCUT2D eigenvalue weighted by molar-refractivity contribution is -0.114. The zero-order valence-corrected chi connectivity index (χ0v) is 16.4. The molecule has 6 nitrogen and oxygen atoms in total. The molecule has 27 heavy (non-hydrogen) atoms. The highest BCUT2D eigenvalue weighted by Gasteiger charge is 2.26. The molecule has 0 aliphatic heterocycles. The molecule has 0 spiro atoms. The van der Waals surface area contributed by atoms with Gasteiger partial charge in [-0.15, -0.1) is 11.3 Å². The van der Waals surface area contributed by atoms with E-state index in [4.69, 9.17) is 9.47 Å². The molecule has 144 valence electrons. The van der Waals surface area contributed by atoms with Gasteiger partial charge in [-0.25, -0.2) is 4.79 Å². The molecule has 1 aliphatic carbocycles. The summed E-state index contributed by atoms with van der Waals surface area (Å²) in [5.41, 5.74) is 2.30. The van der Waals surface area contributed by atoms with Crippen LogP contribution in [0, 0.1) is 0 Å². The van der Waals surface area contributed by atoms with E-state index in [-0.39, 0.29) is 18.4 Å². The van der Waals surface area contributed by atoms with Crippen molar-refractivity contribution in [1.29, 1.82) is 0 Å². The lowest BCUT2D eigenvalue weighted by Gasteiger charge is -2.13. The molecule has 7 heteroatoms. The van der Waals surface area contributed by atoms with Crippen LogP contribution in [0.15, 0.2) is 24.3 Å². The summed E-state index contributed by atoms with van der Waals surface area (Å²) >= 11 is 1.48. The van der Waals surface area contributed by atoms with E-state index in [1.54, 1.807) is 0 Å². The molecule has 2 aromatic rings. The summed E-state index contributed by atoms with van der Waals surface area (Å²) in [7, 11) is 1.37. The molecule has 0 bridgehead atoms. The number of hydrogen-bond acceptors (Lipinski definition) is 6. The molecular formula is C20H24N2O4S. The lowest BCUT2D eigenvalue weighted by atomic mass is 9.95. The molecule has 1 aliphatic rings. The average Bonchev–Trinajstić information content (AvgIpc) is 3.04. The van der Waals surface area contributed by atoms with Gasteiger partial charge in [0.1, 0.15) is 10.8 Å². The lowest BCUT2D eigenvalue weighted by Crippen LogP contribution is -2.22. The fourth-order valence-electron chi connectivity index (χ4n) is 3.21. The van der Waals surface area contributed by atoms with Gasteiger partial charge in [0.15, 0.2) is 0 Å². The van der Waals surface area contributed by atoms with Crippen molar-refractivity contribution in [2.75, 3.05) is 30.9 Å². The highest BCUT2D eigenvalue weighted by molar-refractivity contribution is 7.17. The molecule has 0 atom stereocenters. The normalized spacial score (nSPS) is 12.8. The summed E-state index contributed by atoms with van der Waals surface area (Å²) in [6.45, 7) is 2.54. The minimum atomic E-state index is -0.389. The van der Waals surface area contributed by atoms with E-state index >= 15 is 0 Å². The van der Waals surface area contributed by atoms with E-state index in [0.717, 1.165) is 36.9 Å². The number of benzene rings is 1. The van der Waals surface area contributed by atoms with Gasteiger partial charge < -0.3 is 20.1 Å². The van der Waals surface area contributed by atoms with Crippen molar-refractivity contribution in [3.05, 3.63) is 40.3 Å². The first-order valence-electron chi connectivity index (χ1n) is 9.12. The molecule has 2 N–H and O–H groups in total. The predicted octanol–water partition coefficient (Wildman–Crippen LogP) is 3.86. The van der Waals surface area contributed by atoms with E-state index in [1.165, 1.54) is 23.3 Å². The Kier molecular flexibility index (Phi) is 6.34. The fraction of sp³-hybridized carbons (Fsp3) is 0.400. The van der Waals surface area contributed by atoms with Crippen LogP contribution in [0.3, 0.4) is 0 Å². The third-order valence-corrected chi connectivity index (χ3v) is 5.65. The number of rotatable bonds is 7. The summed E-state index contributed by atoms with van der Waals surface area (Å²) in [6, 6.07) is 7.48. The number of carbonyl (C=O) groups excluding carboxylic acids is 2. The Labute approximate surface area is 162 Å². The van der Waals surface area contributed by atoms with Gasteiger partial charge in [0.05, 0.1) is 31.5 Å². The summed E-state index contributed by atoms with van der Waals surface area (Å²) in [5.74, 6) is 0.0963. The molecule has 1 aromatic heterocycles. The Hall–Kier alpha value is -2.54. The van der Waals surface area contributed by atoms with Crippen LogP contribution in [0.4, 0.5) is 10.7 Å². The van der Waals surface area contributed by atoms with E-state index in [0.29, 0.717) is 22.9 Å². The summed E-state index contributed by atoms with van der Waals surface area (Å²) in [6.07, 6.45) is 3.96. The Balaban J connectivity index is 1.71. The van der Waals surface area contributed by atoms with Crippen molar-refractivity contribution in [2.45, 2.75) is 32.6 Å². The number of anilines is 2. The monoisotopic (exact) mass is 388 g/mol. The number of hydrogen-bond donors (Lipinski definition) is 2. The van der Waals surface area contributed by atoms with Gasteiger partial charge in [-0.05, 0) is 50.3 Å². The zero-order chi connectivity index (χ0) is 19.2. The first kappa shape index (κ1) is 19.2. The molecule has 0 unspecified atom stereocenters. The maximum atomic E-state index is 12.5. The Morgan fingerprint density at radius 3 is 2.74 bits per heavy atom. The maximum absolute atomic E-state index is 12.5. The van der Waals surface area contributed by atoms with Gasteiger partial charge in [0, 0.05) is 4.88 Å². The molecule has 1 heterocycles. The van der Waals surface area contributed by atoms with Crippen LogP contribution in [0.1, 0.15) is 40.6 Å². The van der Waals surface area contributed by atoms with Crippen molar-refractivity contribution >= 4 is 33.9 Å². The van der Waals surface area contributed by atoms with Crippen LogP contribution in [-0.4, -0.2) is 32.1 Å². The minimum absolute atomic E-state index is 0.0767. The highest BCUT2D eigenvalue weighted by Crippen LogP contribution is 2.38. The van der Waals surface area contributed by atoms with Gasteiger partial charge in [0.2, 0.25) is 5.91 Å². The molecular weight excluding hydrogens is 364 g/mol. The number of carbonyl (C=O) groups is 2. The van der Waals surface area contributed by atoms with Crippen LogP contribution < -0.4 is 15.4 Å². The number of esters is 1. The van der Waals surface area contributed by atoms with Gasteiger partial charge in [0.25, 0.3) is 0 Å². The zero-order valence-electron chi connectivity index (χ0n) is 15.6. The number of thiophene rings is 1. The van der Waals surface area contributed by atoms with Crippen LogP contribution in [0.2, 0.25) is 0 Å². The minimum Gasteiger partial charge on any atom is -0.492 e. The van der Waals surface area contributed by atoms with E-state index in [1.807, 2.05) is 31.2 Å². The molecule has 0 fully saturated rings. The molecule has 0 saturated heterocycles. The van der Waals surface area contributed by atoms with E-state index in [9.17, 15) is 9.59 Å². The number of aryl methyl sites for hydroxylation is 1. The van der Waals surface area contributed by atoms with E-state index in [2.05, 4.69) is 10.6 Å². The summed E-state index contributed by atoms with van der Waals surface area (Å²) < 4.78 is 10.5. The van der Waals surface area contributed by atoms with Gasteiger partial charge in [-0.3, -0.25) is 4.79 Å². The van der Waals surface area contributed by atoms with Gasteiger partial charge in [-0.2, -0.15) is 0 Å². The summed E-state index contributed by atoms with van der Waals surface area (Å²) in [5, 5.41) is 6.56. The van der Waals surface area contributed by atoms with Crippen molar-refractivity contribution in [3.8, 4) is 5.75 Å². The number of nitrogens with one attached hydrogen (secondary N) is 2. The molecule has 0 radical (unpaired) electrons. The largest absolute Gasteiger partial charge is 0.492 e. The molecule has 0 saturated carbocycles. The Morgan fingerprint density at radius 2 is 1.96 bits per heavy atom. The van der Waals surface area contributed by atoms with Crippen LogP contribution in [0.5, 0.6) is 5.75 Å². The molecule has 1 amide bonds. The molecule has 1 aromatic carbocycles. The van der Waals surface area contributed by atoms with Crippen molar-refractivity contribution in [3.63, 3.8) is 0 Å². The number of para-hydroxylation sites is 2. The second kappa shape index (κ2) is 8.90. The third-order valence-electron chi connectivity index (χ3n) is 4.44. The fourth-order valence-corrected chi connectivity index (χ4v) is 4.51. The van der Waals surface area contributed by atoms with Crippen molar-refractivity contribution < 1.29 is 19.1 Å². The smallest absolute Gasteiger partial charge is 0.341 e. The van der Waals surface area contributed by atoms with Crippen LogP contribution >= 0.6 is 11.3 Å². The second-order valence-electron chi connectivity index (χ2n) is 6.24. The molecule has 3 rings (SSSR count). The number of methoxy groups -OCH3 is 1. The van der Waals surface area contributed by atoms with Crippen molar-refractivity contribution in [1.82, 2.24) is 0 Å². The maximum Gasteiger partial charge on any atom is 0.341 e. The first-order valence-corrected chi connectivity index (χ1v) is 9.94. The predicted molar refractivity (Wildman–Crippen MR) is 107 cm³/mol.